The van der Waals surface area contributed by atoms with Gasteiger partial charge in [0, 0.05) is 12.0 Å². The highest BCUT2D eigenvalue weighted by molar-refractivity contribution is 7.47. The van der Waals surface area contributed by atoms with Gasteiger partial charge in [-0.2, -0.15) is 0 Å². The van der Waals surface area contributed by atoms with Crippen molar-refractivity contribution in [1.82, 2.24) is 0 Å². The van der Waals surface area contributed by atoms with Gasteiger partial charge >= 0.3 is 7.82 Å². The van der Waals surface area contributed by atoms with Crippen LogP contribution in [0.15, 0.2) is 36.4 Å². The third-order valence-corrected chi connectivity index (χ3v) is 6.81. The molecule has 2 aromatic carbocycles. The normalized spacial score (nSPS) is 13.2. The molecule has 0 fully saturated rings. The first-order valence-electron chi connectivity index (χ1n) is 13.6. The average Bonchev–Trinajstić information content (AvgIpc) is 2.88. The van der Waals surface area contributed by atoms with E-state index in [4.69, 9.17) is 23.6 Å². The molecule has 0 saturated carbocycles. The Kier molecular flexibility index (Phi) is 16.0. The fourth-order valence-corrected chi connectivity index (χ4v) is 4.59. The van der Waals surface area contributed by atoms with E-state index in [-0.39, 0.29) is 13.2 Å². The molecule has 0 aliphatic carbocycles. The zero-order chi connectivity index (χ0) is 25.9. The molecule has 1 N–H and O–H groups in total. The van der Waals surface area contributed by atoms with E-state index in [9.17, 15) is 9.46 Å². The summed E-state index contributed by atoms with van der Waals surface area (Å²) in [6.45, 7) is 5.69. The van der Waals surface area contributed by atoms with Gasteiger partial charge in [-0.3, -0.25) is 4.52 Å². The van der Waals surface area contributed by atoms with E-state index >= 15 is 0 Å². The molecule has 0 aromatic heterocycles. The van der Waals surface area contributed by atoms with Crippen molar-refractivity contribution in [3.05, 3.63) is 42.0 Å². The number of rotatable bonds is 22. The highest BCUT2D eigenvalue weighted by Gasteiger charge is 2.25. The van der Waals surface area contributed by atoms with Crippen LogP contribution in [0.3, 0.4) is 0 Å². The molecule has 0 aliphatic rings. The van der Waals surface area contributed by atoms with Crippen LogP contribution >= 0.6 is 7.82 Å². The second-order valence-corrected chi connectivity index (χ2v) is 10.3. The Labute approximate surface area is 217 Å². The number of unbranched alkanes of at least 4 members (excludes halogenated alkanes) is 9. The van der Waals surface area contributed by atoms with Crippen LogP contribution in [0.2, 0.25) is 0 Å². The van der Waals surface area contributed by atoms with Crippen molar-refractivity contribution >= 4 is 18.6 Å². The summed E-state index contributed by atoms with van der Waals surface area (Å²) in [7, 11) is -4.41. The topological polar surface area (TPSA) is 83.5 Å². The lowest BCUT2D eigenvalue weighted by atomic mass is 10.00. The molecule has 1 unspecified atom stereocenters. The Hall–Kier alpha value is -1.47. The molecule has 0 spiro atoms. The minimum atomic E-state index is -4.41. The number of aryl methyl sites for hydroxylation is 1. The van der Waals surface area contributed by atoms with E-state index in [1.165, 1.54) is 51.4 Å². The first-order chi connectivity index (χ1) is 17.6. The highest BCUT2D eigenvalue weighted by Crippen LogP contribution is 2.44. The summed E-state index contributed by atoms with van der Waals surface area (Å²) in [5, 5.41) is 1.81. The minimum Gasteiger partial charge on any atom is -0.379 e. The SMILES string of the molecule is CCCCCCCCCCCCc1ccc2ccccc2c1OOP(=O)(O)OCCOCCOCC. The molecule has 7 nitrogen and oxygen atoms in total. The van der Waals surface area contributed by atoms with Crippen molar-refractivity contribution in [3.63, 3.8) is 0 Å². The van der Waals surface area contributed by atoms with Crippen molar-refractivity contribution in [2.24, 2.45) is 0 Å². The molecule has 36 heavy (non-hydrogen) atoms. The summed E-state index contributed by atoms with van der Waals surface area (Å²) in [5.41, 5.74) is 0.951. The monoisotopic (exact) mass is 524 g/mol. The summed E-state index contributed by atoms with van der Waals surface area (Å²) >= 11 is 0. The fraction of sp³-hybridized carbons (Fsp3) is 0.643. The Morgan fingerprint density at radius 2 is 1.39 bits per heavy atom. The summed E-state index contributed by atoms with van der Waals surface area (Å²) < 4.78 is 32.7. The van der Waals surface area contributed by atoms with Crippen LogP contribution in [-0.2, 0) is 29.7 Å². The number of phosphoric acid groups is 1. The van der Waals surface area contributed by atoms with E-state index in [0.29, 0.717) is 25.6 Å². The van der Waals surface area contributed by atoms with Crippen molar-refractivity contribution in [1.29, 1.82) is 0 Å². The van der Waals surface area contributed by atoms with Gasteiger partial charge in [-0.25, -0.2) is 4.57 Å². The van der Waals surface area contributed by atoms with Gasteiger partial charge in [0.2, 0.25) is 0 Å². The molecular formula is C28H45O7P. The molecule has 0 amide bonds. The lowest BCUT2D eigenvalue weighted by molar-refractivity contribution is -0.128. The van der Waals surface area contributed by atoms with Gasteiger partial charge < -0.3 is 19.3 Å². The Balaban J connectivity index is 1.81. The maximum Gasteiger partial charge on any atom is 0.508 e. The maximum atomic E-state index is 12.3. The van der Waals surface area contributed by atoms with E-state index in [0.717, 1.165) is 35.6 Å². The molecule has 204 valence electrons. The van der Waals surface area contributed by atoms with Crippen molar-refractivity contribution < 1.29 is 33.0 Å². The molecule has 2 rings (SSSR count). The van der Waals surface area contributed by atoms with Gasteiger partial charge in [0.05, 0.1) is 26.4 Å². The molecule has 0 bridgehead atoms. The second kappa shape index (κ2) is 18.7. The molecule has 0 heterocycles. The Bertz CT molecular complexity index is 889. The van der Waals surface area contributed by atoms with Gasteiger partial charge in [-0.05, 0) is 30.7 Å². The second-order valence-electron chi connectivity index (χ2n) is 8.98. The predicted octanol–water partition coefficient (Wildman–Crippen LogP) is 7.78. The quantitative estimate of drug-likeness (QED) is 0.0728. The fourth-order valence-electron chi connectivity index (χ4n) is 4.07. The minimum absolute atomic E-state index is 0.0930. The van der Waals surface area contributed by atoms with Crippen LogP contribution in [0.25, 0.3) is 10.8 Å². The number of benzene rings is 2. The van der Waals surface area contributed by atoms with Crippen molar-refractivity contribution in [2.45, 2.75) is 84.5 Å². The van der Waals surface area contributed by atoms with Gasteiger partial charge in [0.15, 0.2) is 5.75 Å². The van der Waals surface area contributed by atoms with E-state index in [1.807, 2.05) is 43.3 Å². The maximum absolute atomic E-state index is 12.3. The zero-order valence-electron chi connectivity index (χ0n) is 22.1. The molecule has 0 aliphatic heterocycles. The van der Waals surface area contributed by atoms with Gasteiger partial charge in [0.25, 0.3) is 0 Å². The average molecular weight is 525 g/mol. The molecule has 2 aromatic rings. The first kappa shape index (κ1) is 30.8. The number of hydrogen-bond donors (Lipinski definition) is 1. The number of hydrogen-bond acceptors (Lipinski definition) is 6. The predicted molar refractivity (Wildman–Crippen MR) is 144 cm³/mol. The van der Waals surface area contributed by atoms with E-state index in [2.05, 4.69) is 6.92 Å². The van der Waals surface area contributed by atoms with Crippen molar-refractivity contribution in [3.8, 4) is 5.75 Å². The zero-order valence-corrected chi connectivity index (χ0v) is 23.0. The third kappa shape index (κ3) is 12.7. The van der Waals surface area contributed by atoms with Gasteiger partial charge in [-0.1, -0.05) is 106 Å². The van der Waals surface area contributed by atoms with Crippen LogP contribution in [0.1, 0.15) is 83.6 Å². The smallest absolute Gasteiger partial charge is 0.379 e. The van der Waals surface area contributed by atoms with Gasteiger partial charge in [-0.15, -0.1) is 0 Å². The summed E-state index contributed by atoms with van der Waals surface area (Å²) in [6.07, 6.45) is 13.5. The van der Waals surface area contributed by atoms with Crippen LogP contribution < -0.4 is 4.89 Å². The molecule has 1 atom stereocenters. The standard InChI is InChI=1S/C28H45O7P/c1-3-5-6-7-8-9-10-11-12-13-17-26-20-19-25-16-14-15-18-27(25)28(26)34-35-36(29,30)33-24-23-32-22-21-31-4-2/h14-16,18-20H,3-13,17,21-24H2,1-2H3,(H,29,30). The number of ether oxygens (including phenoxy) is 2. The highest BCUT2D eigenvalue weighted by atomic mass is 31.2. The number of fused-ring (bicyclic) bond motifs is 1. The molecule has 0 radical (unpaired) electrons. The third-order valence-electron chi connectivity index (χ3n) is 6.03. The Morgan fingerprint density at radius 3 is 2.11 bits per heavy atom. The number of phosphoric ester groups is 1. The summed E-state index contributed by atoms with van der Waals surface area (Å²) in [6, 6.07) is 11.8. The summed E-state index contributed by atoms with van der Waals surface area (Å²) in [5.74, 6) is 0.467. The van der Waals surface area contributed by atoms with Gasteiger partial charge in [0.1, 0.15) is 0 Å². The largest absolute Gasteiger partial charge is 0.508 e. The lowest BCUT2D eigenvalue weighted by Crippen LogP contribution is -2.09. The van der Waals surface area contributed by atoms with Crippen LogP contribution in [0, 0.1) is 0 Å². The van der Waals surface area contributed by atoms with Crippen LogP contribution in [0.5, 0.6) is 5.75 Å². The van der Waals surface area contributed by atoms with Crippen LogP contribution in [-0.4, -0.2) is 37.9 Å². The van der Waals surface area contributed by atoms with E-state index in [1.54, 1.807) is 0 Å². The first-order valence-corrected chi connectivity index (χ1v) is 15.1. The van der Waals surface area contributed by atoms with E-state index < -0.39 is 7.82 Å². The molecule has 8 heteroatoms. The lowest BCUT2D eigenvalue weighted by Gasteiger charge is -2.15. The van der Waals surface area contributed by atoms with Crippen molar-refractivity contribution in [2.75, 3.05) is 33.0 Å². The summed E-state index contributed by atoms with van der Waals surface area (Å²) in [4.78, 5) is 15.5. The molecule has 0 saturated heterocycles. The van der Waals surface area contributed by atoms with Crippen LogP contribution in [0.4, 0.5) is 0 Å². The molecular weight excluding hydrogens is 479 g/mol. The Morgan fingerprint density at radius 1 is 0.750 bits per heavy atom.